The van der Waals surface area contributed by atoms with Crippen LogP contribution in [0.15, 0.2) is 253 Å². The predicted molar refractivity (Wildman–Crippen MR) is 280 cm³/mol. The van der Waals surface area contributed by atoms with Crippen molar-refractivity contribution in [3.05, 3.63) is 249 Å². The van der Waals surface area contributed by atoms with E-state index >= 15 is 0 Å². The first-order chi connectivity index (χ1) is 32.7. The van der Waals surface area contributed by atoms with E-state index < -0.39 is 0 Å². The monoisotopic (exact) mass is 839 g/mol. The van der Waals surface area contributed by atoms with Gasteiger partial charge in [-0.3, -0.25) is 0 Å². The molecule has 0 radical (unpaired) electrons. The number of hydrogen-bond acceptors (Lipinski definition) is 2. The van der Waals surface area contributed by atoms with Crippen molar-refractivity contribution in [1.82, 2.24) is 0 Å². The minimum Gasteiger partial charge on any atom is -0.456 e. The molecule has 0 N–H and O–H groups in total. The van der Waals surface area contributed by atoms with Crippen molar-refractivity contribution in [1.29, 1.82) is 0 Å². The van der Waals surface area contributed by atoms with Gasteiger partial charge < -0.3 is 9.32 Å². The second-order valence-corrected chi connectivity index (χ2v) is 17.2. The lowest BCUT2D eigenvalue weighted by Crippen LogP contribution is -2.10. The third-order valence-corrected chi connectivity index (χ3v) is 13.5. The predicted octanol–water partition coefficient (Wildman–Crippen LogP) is 18.3. The van der Waals surface area contributed by atoms with Crippen LogP contribution in [0.5, 0.6) is 0 Å². The summed E-state index contributed by atoms with van der Waals surface area (Å²) in [4.78, 5) is 2.38. The molecule has 0 saturated carbocycles. The molecule has 2 nitrogen and oxygen atoms in total. The Morgan fingerprint density at radius 1 is 0.242 bits per heavy atom. The Hall–Kier alpha value is -8.72. The van der Waals surface area contributed by atoms with E-state index in [1.807, 2.05) is 12.1 Å². The number of anilines is 3. The van der Waals surface area contributed by atoms with E-state index in [0.717, 1.165) is 61.3 Å². The van der Waals surface area contributed by atoms with Gasteiger partial charge in [-0.25, -0.2) is 0 Å². The van der Waals surface area contributed by atoms with Crippen molar-refractivity contribution >= 4 is 82.1 Å². The van der Waals surface area contributed by atoms with E-state index in [0.29, 0.717) is 0 Å². The summed E-state index contributed by atoms with van der Waals surface area (Å²) in [6.45, 7) is 0. The van der Waals surface area contributed by atoms with Crippen LogP contribution in [0.2, 0.25) is 0 Å². The summed E-state index contributed by atoms with van der Waals surface area (Å²) < 4.78 is 6.34. The zero-order chi connectivity index (χ0) is 43.6. The number of nitrogens with zero attached hydrogens (tertiary/aromatic N) is 1. The minimum absolute atomic E-state index is 0.889. The van der Waals surface area contributed by atoms with Crippen LogP contribution in [-0.2, 0) is 0 Å². The van der Waals surface area contributed by atoms with Crippen LogP contribution < -0.4 is 4.90 Å². The van der Waals surface area contributed by atoms with Gasteiger partial charge in [0.1, 0.15) is 11.2 Å². The first-order valence-corrected chi connectivity index (χ1v) is 22.7. The number of rotatable bonds is 7. The summed E-state index contributed by atoms with van der Waals surface area (Å²) in [5.41, 5.74) is 14.4. The molecule has 0 unspecified atom stereocenters. The molecule has 0 aliphatic heterocycles. The van der Waals surface area contributed by atoms with Gasteiger partial charge in [-0.15, -0.1) is 0 Å². The van der Waals surface area contributed by atoms with Gasteiger partial charge in [0.05, 0.1) is 0 Å². The van der Waals surface area contributed by atoms with Crippen LogP contribution in [0.3, 0.4) is 0 Å². The topological polar surface area (TPSA) is 16.4 Å². The summed E-state index contributed by atoms with van der Waals surface area (Å²) in [5, 5.41) is 12.4. The summed E-state index contributed by atoms with van der Waals surface area (Å²) in [6.07, 6.45) is 0. The summed E-state index contributed by atoms with van der Waals surface area (Å²) in [7, 11) is 0. The van der Waals surface area contributed by atoms with Gasteiger partial charge in [0, 0.05) is 27.8 Å². The molecule has 0 atom stereocenters. The highest BCUT2D eigenvalue weighted by Gasteiger charge is 2.18. The van der Waals surface area contributed by atoms with Crippen molar-refractivity contribution in [3.63, 3.8) is 0 Å². The van der Waals surface area contributed by atoms with Crippen LogP contribution in [0.1, 0.15) is 0 Å². The molecule has 12 aromatic carbocycles. The first-order valence-electron chi connectivity index (χ1n) is 22.7. The molecule has 1 aromatic heterocycles. The lowest BCUT2D eigenvalue weighted by atomic mass is 9.93. The van der Waals surface area contributed by atoms with Crippen molar-refractivity contribution in [3.8, 4) is 44.5 Å². The van der Waals surface area contributed by atoms with Crippen LogP contribution in [-0.4, -0.2) is 0 Å². The van der Waals surface area contributed by atoms with E-state index in [1.165, 1.54) is 65.3 Å². The van der Waals surface area contributed by atoms with Gasteiger partial charge in [0.15, 0.2) is 0 Å². The van der Waals surface area contributed by atoms with Gasteiger partial charge >= 0.3 is 0 Å². The highest BCUT2D eigenvalue weighted by atomic mass is 16.3. The van der Waals surface area contributed by atoms with Gasteiger partial charge in [-0.2, -0.15) is 0 Å². The fraction of sp³-hybridized carbons (Fsp3) is 0. The third kappa shape index (κ3) is 6.34. The van der Waals surface area contributed by atoms with Crippen LogP contribution in [0, 0.1) is 0 Å². The highest BCUT2D eigenvalue weighted by Crippen LogP contribution is 2.43. The molecule has 0 fully saturated rings. The lowest BCUT2D eigenvalue weighted by molar-refractivity contribution is 0.669. The van der Waals surface area contributed by atoms with Gasteiger partial charge in [0.25, 0.3) is 0 Å². The Morgan fingerprint density at radius 2 is 0.712 bits per heavy atom. The fourth-order valence-electron chi connectivity index (χ4n) is 10.3. The summed E-state index contributed by atoms with van der Waals surface area (Å²) in [6, 6.07) is 90.3. The Kier molecular flexibility index (Phi) is 8.89. The average molecular weight is 840 g/mol. The maximum Gasteiger partial charge on any atom is 0.136 e. The van der Waals surface area contributed by atoms with Gasteiger partial charge in [-0.1, -0.05) is 200 Å². The molecule has 13 rings (SSSR count). The second-order valence-electron chi connectivity index (χ2n) is 17.2. The number of hydrogen-bond donors (Lipinski definition) is 0. The maximum atomic E-state index is 6.34. The second kappa shape index (κ2) is 15.5. The molecule has 13 aromatic rings. The van der Waals surface area contributed by atoms with Crippen molar-refractivity contribution in [2.75, 3.05) is 4.90 Å². The molecule has 0 saturated heterocycles. The Balaban J connectivity index is 0.916. The summed E-state index contributed by atoms with van der Waals surface area (Å²) >= 11 is 0. The molecular weight excluding hydrogens is 799 g/mol. The molecule has 0 amide bonds. The van der Waals surface area contributed by atoms with Crippen molar-refractivity contribution < 1.29 is 4.42 Å². The van der Waals surface area contributed by atoms with Crippen molar-refractivity contribution in [2.24, 2.45) is 0 Å². The Labute approximate surface area is 382 Å². The molecular formula is C64H41NO. The molecule has 0 bridgehead atoms. The zero-order valence-corrected chi connectivity index (χ0v) is 36.0. The molecule has 0 aliphatic carbocycles. The molecule has 66 heavy (non-hydrogen) atoms. The number of benzene rings is 12. The smallest absolute Gasteiger partial charge is 0.136 e. The maximum absolute atomic E-state index is 6.34. The first kappa shape index (κ1) is 37.8. The third-order valence-electron chi connectivity index (χ3n) is 13.5. The van der Waals surface area contributed by atoms with Crippen LogP contribution >= 0.6 is 0 Å². The fourth-order valence-corrected chi connectivity index (χ4v) is 10.3. The zero-order valence-electron chi connectivity index (χ0n) is 36.0. The highest BCUT2D eigenvalue weighted by molar-refractivity contribution is 6.14. The SMILES string of the molecule is c1cc(-c2ccc(-c3cccc4c3ccc3ccccc34)cc2)cc(N(c2ccc(-c3cccc4c3ccc3ccccc34)cc2)c2cccc(-c3cccc4oc5ccccc5c34)c2)c1. The molecule has 308 valence electrons. The van der Waals surface area contributed by atoms with E-state index in [9.17, 15) is 0 Å². The van der Waals surface area contributed by atoms with Gasteiger partial charge in [0.2, 0.25) is 0 Å². The minimum atomic E-state index is 0.889. The van der Waals surface area contributed by atoms with Crippen molar-refractivity contribution in [2.45, 2.75) is 0 Å². The van der Waals surface area contributed by atoms with Crippen LogP contribution in [0.25, 0.3) is 110 Å². The summed E-state index contributed by atoms with van der Waals surface area (Å²) in [5.74, 6) is 0. The van der Waals surface area contributed by atoms with Crippen LogP contribution in [0.4, 0.5) is 17.1 Å². The number of furan rings is 1. The molecule has 1 heterocycles. The van der Waals surface area contributed by atoms with Gasteiger partial charge in [-0.05, 0) is 136 Å². The average Bonchev–Trinajstić information content (AvgIpc) is 3.78. The van der Waals surface area contributed by atoms with E-state index in [1.54, 1.807) is 0 Å². The largest absolute Gasteiger partial charge is 0.456 e. The lowest BCUT2D eigenvalue weighted by Gasteiger charge is -2.27. The molecule has 2 heteroatoms. The Morgan fingerprint density at radius 3 is 1.36 bits per heavy atom. The normalized spacial score (nSPS) is 11.6. The Bertz CT molecular complexity index is 3990. The standard InChI is InChI=1S/C64H41NO/c1-3-18-52-43(12-1)34-38-59-54(21-9-24-57(52)59)45-30-28-42(29-31-45)47-14-7-16-50(40-47)65(51-17-8-15-48(41-51)56-23-11-27-63-64(56)61-20-5-6-26-62(61)66-63)49-36-32-46(33-37-49)55-22-10-25-58-53-19-4-2-13-44(53)35-39-60(55)58/h1-41H. The van der Waals surface area contributed by atoms with E-state index in [-0.39, 0.29) is 0 Å². The number of fused-ring (bicyclic) bond motifs is 9. The quantitative estimate of drug-likeness (QED) is 0.149. The van der Waals surface area contributed by atoms with E-state index in [2.05, 4.69) is 241 Å². The number of para-hydroxylation sites is 1. The van der Waals surface area contributed by atoms with E-state index in [4.69, 9.17) is 4.42 Å². The molecule has 0 spiro atoms. The molecule has 0 aliphatic rings.